The molecule has 0 aromatic carbocycles. The van der Waals surface area contributed by atoms with Crippen LogP contribution in [0.3, 0.4) is 0 Å². The Morgan fingerprint density at radius 2 is 2.00 bits per heavy atom. The van der Waals surface area contributed by atoms with Gasteiger partial charge in [0.05, 0.1) is 11.9 Å². The van der Waals surface area contributed by atoms with Crippen LogP contribution in [0.1, 0.15) is 11.4 Å². The maximum absolute atomic E-state index is 5.57. The average Bonchev–Trinajstić information content (AvgIpc) is 2.45. The molecule has 0 unspecified atom stereocenters. The number of nitrogens with zero attached hydrogens (tertiary/aromatic N) is 3. The van der Waals surface area contributed by atoms with Crippen molar-refractivity contribution in [3.8, 4) is 0 Å². The van der Waals surface area contributed by atoms with E-state index in [4.69, 9.17) is 17.2 Å². The van der Waals surface area contributed by atoms with Gasteiger partial charge in [0.1, 0.15) is 5.69 Å². The Balaban J connectivity index is 2.73. The maximum Gasteiger partial charge on any atom is 0.162 e. The molecule has 0 spiro atoms. The van der Waals surface area contributed by atoms with Crippen molar-refractivity contribution in [1.82, 2.24) is 14.6 Å². The van der Waals surface area contributed by atoms with Crippen molar-refractivity contribution in [2.75, 3.05) is 0 Å². The minimum Gasteiger partial charge on any atom is -0.296 e. The molecule has 0 radical (unpaired) electrons. The van der Waals surface area contributed by atoms with E-state index in [1.807, 2.05) is 19.1 Å². The van der Waals surface area contributed by atoms with E-state index in [0.29, 0.717) is 11.3 Å². The molecule has 0 saturated carbocycles. The second-order valence-electron chi connectivity index (χ2n) is 3.32. The van der Waals surface area contributed by atoms with Crippen molar-refractivity contribution < 1.29 is 0 Å². The molecule has 2 aromatic heterocycles. The Hall–Kier alpha value is -1.50. The molecule has 0 atom stereocenters. The van der Waals surface area contributed by atoms with E-state index in [9.17, 15) is 0 Å². The molecular weight excluding hydrogens is 180 g/mol. The smallest absolute Gasteiger partial charge is 0.162 e. The highest BCUT2D eigenvalue weighted by Gasteiger charge is 2.20. The molecule has 2 heterocycles. The van der Waals surface area contributed by atoms with E-state index in [1.165, 1.54) is 6.20 Å². The Morgan fingerprint density at radius 3 is 2.64 bits per heavy atom. The van der Waals surface area contributed by atoms with Gasteiger partial charge in [0, 0.05) is 0 Å². The van der Waals surface area contributed by atoms with Gasteiger partial charge in [-0.2, -0.15) is 5.10 Å². The van der Waals surface area contributed by atoms with Gasteiger partial charge < -0.3 is 0 Å². The summed E-state index contributed by atoms with van der Waals surface area (Å²) in [6.07, 6.45) is 1.53. The molecule has 74 valence electrons. The van der Waals surface area contributed by atoms with Crippen molar-refractivity contribution >= 4 is 5.65 Å². The lowest BCUT2D eigenvalue weighted by Crippen LogP contribution is -2.55. The minimum absolute atomic E-state index is 0.483. The van der Waals surface area contributed by atoms with Crippen molar-refractivity contribution in [1.29, 1.82) is 0 Å². The Morgan fingerprint density at radius 1 is 1.29 bits per heavy atom. The zero-order chi connectivity index (χ0) is 10.3. The predicted octanol–water partition coefficient (Wildman–Crippen LogP) is -0.976. The first-order valence-electron chi connectivity index (χ1n) is 4.17. The SMILES string of the molecule is Cc1ccc2ncc(C(N)(N)N)n2n1. The van der Waals surface area contributed by atoms with E-state index in [-0.39, 0.29) is 0 Å². The summed E-state index contributed by atoms with van der Waals surface area (Å²) in [6.45, 7) is 1.87. The maximum atomic E-state index is 5.57. The van der Waals surface area contributed by atoms with Crippen LogP contribution < -0.4 is 17.2 Å². The summed E-state index contributed by atoms with van der Waals surface area (Å²) >= 11 is 0. The second kappa shape index (κ2) is 2.74. The normalized spacial score (nSPS) is 12.3. The van der Waals surface area contributed by atoms with Crippen LogP contribution in [0.5, 0.6) is 0 Å². The third kappa shape index (κ3) is 1.35. The summed E-state index contributed by atoms with van der Waals surface area (Å²) in [4.78, 5) is 4.09. The highest BCUT2D eigenvalue weighted by Crippen LogP contribution is 2.09. The summed E-state index contributed by atoms with van der Waals surface area (Å²) in [5.74, 6) is -1.42. The van der Waals surface area contributed by atoms with Gasteiger partial charge in [-0.1, -0.05) is 0 Å². The third-order valence-electron chi connectivity index (χ3n) is 1.94. The molecule has 0 amide bonds. The first-order valence-corrected chi connectivity index (χ1v) is 4.17. The molecular formula is C8H12N6. The summed E-state index contributed by atoms with van der Waals surface area (Å²) < 4.78 is 1.55. The van der Waals surface area contributed by atoms with Crippen molar-refractivity contribution in [3.05, 3.63) is 29.7 Å². The van der Waals surface area contributed by atoms with Crippen LogP contribution in [-0.4, -0.2) is 14.6 Å². The van der Waals surface area contributed by atoms with E-state index in [1.54, 1.807) is 4.52 Å². The zero-order valence-corrected chi connectivity index (χ0v) is 7.81. The van der Waals surface area contributed by atoms with Crippen molar-refractivity contribution in [3.63, 3.8) is 0 Å². The molecule has 0 bridgehead atoms. The predicted molar refractivity (Wildman–Crippen MR) is 52.0 cm³/mol. The van der Waals surface area contributed by atoms with Gasteiger partial charge in [-0.3, -0.25) is 17.2 Å². The van der Waals surface area contributed by atoms with Crippen LogP contribution in [0.15, 0.2) is 18.3 Å². The topological polar surface area (TPSA) is 108 Å². The van der Waals surface area contributed by atoms with Gasteiger partial charge in [0.25, 0.3) is 0 Å². The van der Waals surface area contributed by atoms with Gasteiger partial charge >= 0.3 is 0 Å². The van der Waals surface area contributed by atoms with Gasteiger partial charge in [-0.25, -0.2) is 9.50 Å². The lowest BCUT2D eigenvalue weighted by atomic mass is 10.3. The molecule has 0 aliphatic heterocycles. The lowest BCUT2D eigenvalue weighted by molar-refractivity contribution is 0.460. The van der Waals surface area contributed by atoms with Crippen LogP contribution in [0.25, 0.3) is 5.65 Å². The molecule has 0 aliphatic carbocycles. The highest BCUT2D eigenvalue weighted by molar-refractivity contribution is 5.39. The van der Waals surface area contributed by atoms with Crippen LogP contribution in [0.4, 0.5) is 0 Å². The number of hydrogen-bond donors (Lipinski definition) is 3. The van der Waals surface area contributed by atoms with Crippen LogP contribution >= 0.6 is 0 Å². The van der Waals surface area contributed by atoms with Gasteiger partial charge in [0.2, 0.25) is 0 Å². The first kappa shape index (κ1) is 9.07. The fraction of sp³-hybridized carbons (Fsp3) is 0.250. The highest BCUT2D eigenvalue weighted by atomic mass is 15.3. The molecule has 14 heavy (non-hydrogen) atoms. The third-order valence-corrected chi connectivity index (χ3v) is 1.94. The summed E-state index contributed by atoms with van der Waals surface area (Å²) in [6, 6.07) is 3.69. The quantitative estimate of drug-likeness (QED) is 0.503. The minimum atomic E-state index is -1.42. The number of aromatic nitrogens is 3. The van der Waals surface area contributed by atoms with Crippen molar-refractivity contribution in [2.24, 2.45) is 17.2 Å². The molecule has 2 rings (SSSR count). The molecule has 6 N–H and O–H groups in total. The first-order chi connectivity index (χ1) is 6.48. The Labute approximate surface area is 80.7 Å². The van der Waals surface area contributed by atoms with Crippen LogP contribution in [0, 0.1) is 6.92 Å². The number of fused-ring (bicyclic) bond motifs is 1. The lowest BCUT2D eigenvalue weighted by Gasteiger charge is -2.16. The zero-order valence-electron chi connectivity index (χ0n) is 7.81. The second-order valence-corrected chi connectivity index (χ2v) is 3.32. The van der Waals surface area contributed by atoms with Gasteiger partial charge in [-0.15, -0.1) is 0 Å². The van der Waals surface area contributed by atoms with E-state index >= 15 is 0 Å². The Bertz CT molecular complexity index is 466. The number of aryl methyl sites for hydroxylation is 1. The number of nitrogens with two attached hydrogens (primary N) is 3. The molecule has 0 saturated heterocycles. The van der Waals surface area contributed by atoms with Crippen LogP contribution in [0.2, 0.25) is 0 Å². The van der Waals surface area contributed by atoms with E-state index < -0.39 is 5.79 Å². The van der Waals surface area contributed by atoms with Gasteiger partial charge in [0.15, 0.2) is 11.4 Å². The van der Waals surface area contributed by atoms with Crippen LogP contribution in [-0.2, 0) is 5.79 Å². The molecule has 0 fully saturated rings. The van der Waals surface area contributed by atoms with Crippen molar-refractivity contribution in [2.45, 2.75) is 12.7 Å². The molecule has 6 heteroatoms. The number of imidazole rings is 1. The standard InChI is InChI=1S/C8H12N6/c1-5-2-3-7-12-4-6(8(9,10)11)14(7)13-5/h2-4H,9-11H2,1H3. The number of hydrogen-bond acceptors (Lipinski definition) is 5. The summed E-state index contributed by atoms with van der Waals surface area (Å²) in [7, 11) is 0. The average molecular weight is 192 g/mol. The fourth-order valence-corrected chi connectivity index (χ4v) is 1.26. The number of rotatable bonds is 1. The largest absolute Gasteiger partial charge is 0.296 e. The fourth-order valence-electron chi connectivity index (χ4n) is 1.26. The molecule has 6 nitrogen and oxygen atoms in total. The molecule has 2 aromatic rings. The monoisotopic (exact) mass is 192 g/mol. The van der Waals surface area contributed by atoms with Gasteiger partial charge in [-0.05, 0) is 19.1 Å². The summed E-state index contributed by atoms with van der Waals surface area (Å²) in [5, 5.41) is 4.22. The van der Waals surface area contributed by atoms with E-state index in [2.05, 4.69) is 10.1 Å². The molecule has 0 aliphatic rings. The Kier molecular flexibility index (Phi) is 1.78. The summed E-state index contributed by atoms with van der Waals surface area (Å²) in [5.41, 5.74) is 18.7. The van der Waals surface area contributed by atoms with E-state index in [0.717, 1.165) is 5.69 Å².